The fourth-order valence-electron chi connectivity index (χ4n) is 1.59. The molecular formula is C13H16BrNO2. The Balaban J connectivity index is 2.24. The maximum atomic E-state index is 5.70. The smallest absolute Gasteiger partial charge is 0.167 e. The first-order chi connectivity index (χ1) is 8.20. The van der Waals surface area contributed by atoms with Crippen molar-refractivity contribution in [1.82, 2.24) is 5.16 Å². The average Bonchev–Trinajstić information content (AvgIpc) is 2.70. The highest BCUT2D eigenvalue weighted by Gasteiger charge is 2.09. The van der Waals surface area contributed by atoms with Gasteiger partial charge in [0.15, 0.2) is 5.58 Å². The van der Waals surface area contributed by atoms with Crippen molar-refractivity contribution < 1.29 is 9.26 Å². The number of hydrogen-bond acceptors (Lipinski definition) is 3. The second kappa shape index (κ2) is 5.54. The summed E-state index contributed by atoms with van der Waals surface area (Å²) in [6, 6.07) is 5.84. The minimum atomic E-state index is 0.523. The van der Waals surface area contributed by atoms with Crippen LogP contribution < -0.4 is 4.74 Å². The monoisotopic (exact) mass is 297 g/mol. The molecule has 0 bridgehead atoms. The topological polar surface area (TPSA) is 35.3 Å². The van der Waals surface area contributed by atoms with Crippen LogP contribution in [0, 0.1) is 5.92 Å². The van der Waals surface area contributed by atoms with E-state index in [2.05, 4.69) is 34.9 Å². The van der Waals surface area contributed by atoms with Crippen molar-refractivity contribution in [2.75, 3.05) is 11.9 Å². The molecule has 0 aliphatic rings. The molecule has 0 fully saturated rings. The molecule has 92 valence electrons. The molecule has 0 radical (unpaired) electrons. The Morgan fingerprint density at radius 1 is 1.41 bits per heavy atom. The van der Waals surface area contributed by atoms with E-state index in [1.165, 1.54) is 0 Å². The number of benzene rings is 1. The van der Waals surface area contributed by atoms with Gasteiger partial charge in [-0.15, -0.1) is 0 Å². The largest absolute Gasteiger partial charge is 0.493 e. The van der Waals surface area contributed by atoms with Crippen LogP contribution in [-0.2, 0) is 6.42 Å². The summed E-state index contributed by atoms with van der Waals surface area (Å²) in [4.78, 5) is 0. The first-order valence-corrected chi connectivity index (χ1v) is 6.90. The number of aryl methyl sites for hydroxylation is 1. The zero-order chi connectivity index (χ0) is 12.3. The molecule has 0 amide bonds. The van der Waals surface area contributed by atoms with Gasteiger partial charge < -0.3 is 9.26 Å². The molecule has 2 rings (SSSR count). The number of halogens is 1. The third-order valence-corrected chi connectivity index (χ3v) is 2.83. The molecule has 0 spiro atoms. The van der Waals surface area contributed by atoms with E-state index in [0.717, 1.165) is 40.8 Å². The number of nitrogens with zero attached hydrogens (tertiary/aromatic N) is 1. The number of ether oxygens (including phenoxy) is 1. The van der Waals surface area contributed by atoms with Crippen molar-refractivity contribution in [2.45, 2.75) is 20.3 Å². The number of rotatable bonds is 5. The maximum absolute atomic E-state index is 5.70. The fourth-order valence-corrected chi connectivity index (χ4v) is 1.97. The molecule has 17 heavy (non-hydrogen) atoms. The third-order valence-electron chi connectivity index (χ3n) is 2.43. The zero-order valence-corrected chi connectivity index (χ0v) is 11.7. The molecule has 0 aliphatic carbocycles. The van der Waals surface area contributed by atoms with E-state index in [4.69, 9.17) is 9.26 Å². The summed E-state index contributed by atoms with van der Waals surface area (Å²) in [6.07, 6.45) is 0.862. The molecule has 0 aliphatic heterocycles. The molecule has 2 aromatic rings. The van der Waals surface area contributed by atoms with Crippen LogP contribution in [0.25, 0.3) is 11.0 Å². The molecule has 0 atom stereocenters. The van der Waals surface area contributed by atoms with Gasteiger partial charge in [0.2, 0.25) is 0 Å². The third kappa shape index (κ3) is 3.00. The summed E-state index contributed by atoms with van der Waals surface area (Å²) in [5.74, 6) is 1.40. The minimum absolute atomic E-state index is 0.523. The fraction of sp³-hybridized carbons (Fsp3) is 0.462. The van der Waals surface area contributed by atoms with Gasteiger partial charge >= 0.3 is 0 Å². The normalized spacial score (nSPS) is 11.3. The standard InChI is InChI=1S/C13H16BrNO2/c1-9(2)8-16-10-3-4-13-11(7-10)12(5-6-14)15-17-13/h3-4,7,9H,5-6,8H2,1-2H3. The Bertz CT molecular complexity index is 493. The average molecular weight is 298 g/mol. The van der Waals surface area contributed by atoms with Crippen LogP contribution in [-0.4, -0.2) is 17.1 Å². The number of aromatic nitrogens is 1. The Hall–Kier alpha value is -1.03. The Morgan fingerprint density at radius 3 is 2.94 bits per heavy atom. The van der Waals surface area contributed by atoms with E-state index in [1.807, 2.05) is 18.2 Å². The summed E-state index contributed by atoms with van der Waals surface area (Å²) in [6.45, 7) is 4.99. The van der Waals surface area contributed by atoms with Gasteiger partial charge in [0.1, 0.15) is 5.75 Å². The van der Waals surface area contributed by atoms with E-state index >= 15 is 0 Å². The quantitative estimate of drug-likeness (QED) is 0.788. The van der Waals surface area contributed by atoms with Gasteiger partial charge in [-0.2, -0.15) is 0 Å². The second-order valence-electron chi connectivity index (χ2n) is 4.43. The molecule has 1 heterocycles. The maximum Gasteiger partial charge on any atom is 0.167 e. The zero-order valence-electron chi connectivity index (χ0n) is 10.1. The molecule has 0 saturated heterocycles. The van der Waals surface area contributed by atoms with Crippen molar-refractivity contribution in [3.63, 3.8) is 0 Å². The molecule has 0 N–H and O–H groups in total. The highest BCUT2D eigenvalue weighted by atomic mass is 79.9. The molecule has 0 unspecified atom stereocenters. The predicted molar refractivity (Wildman–Crippen MR) is 71.8 cm³/mol. The molecule has 1 aromatic heterocycles. The molecule has 4 heteroatoms. The highest BCUT2D eigenvalue weighted by molar-refractivity contribution is 9.09. The van der Waals surface area contributed by atoms with Crippen molar-refractivity contribution >= 4 is 26.9 Å². The van der Waals surface area contributed by atoms with Gasteiger partial charge in [0.05, 0.1) is 12.3 Å². The second-order valence-corrected chi connectivity index (χ2v) is 5.22. The van der Waals surface area contributed by atoms with Crippen LogP contribution >= 0.6 is 15.9 Å². The van der Waals surface area contributed by atoms with E-state index in [0.29, 0.717) is 5.92 Å². The van der Waals surface area contributed by atoms with Crippen LogP contribution in [0.2, 0.25) is 0 Å². The number of fused-ring (bicyclic) bond motifs is 1. The lowest BCUT2D eigenvalue weighted by molar-refractivity contribution is 0.271. The van der Waals surface area contributed by atoms with Crippen molar-refractivity contribution in [2.24, 2.45) is 5.92 Å². The van der Waals surface area contributed by atoms with Crippen LogP contribution in [0.4, 0.5) is 0 Å². The number of hydrogen-bond donors (Lipinski definition) is 0. The van der Waals surface area contributed by atoms with Crippen LogP contribution in [0.3, 0.4) is 0 Å². The van der Waals surface area contributed by atoms with E-state index in [1.54, 1.807) is 0 Å². The summed E-state index contributed by atoms with van der Waals surface area (Å²) < 4.78 is 11.0. The Kier molecular flexibility index (Phi) is 4.05. The summed E-state index contributed by atoms with van der Waals surface area (Å²) >= 11 is 3.41. The lowest BCUT2D eigenvalue weighted by Gasteiger charge is -2.08. The van der Waals surface area contributed by atoms with Crippen molar-refractivity contribution in [1.29, 1.82) is 0 Å². The van der Waals surface area contributed by atoms with Crippen LogP contribution in [0.1, 0.15) is 19.5 Å². The van der Waals surface area contributed by atoms with Crippen molar-refractivity contribution in [3.05, 3.63) is 23.9 Å². The SMILES string of the molecule is CC(C)COc1ccc2onc(CCBr)c2c1. The van der Waals surface area contributed by atoms with E-state index in [-0.39, 0.29) is 0 Å². The van der Waals surface area contributed by atoms with Gasteiger partial charge in [0, 0.05) is 17.1 Å². The van der Waals surface area contributed by atoms with Crippen LogP contribution in [0.5, 0.6) is 5.75 Å². The highest BCUT2D eigenvalue weighted by Crippen LogP contribution is 2.24. The van der Waals surface area contributed by atoms with Gasteiger partial charge in [-0.05, 0) is 24.1 Å². The van der Waals surface area contributed by atoms with Crippen LogP contribution in [0.15, 0.2) is 22.7 Å². The summed E-state index contributed by atoms with van der Waals surface area (Å²) in [5.41, 5.74) is 1.80. The van der Waals surface area contributed by atoms with Crippen molar-refractivity contribution in [3.8, 4) is 5.75 Å². The molecular weight excluding hydrogens is 282 g/mol. The summed E-state index contributed by atoms with van der Waals surface area (Å²) in [5, 5.41) is 5.99. The predicted octanol–water partition coefficient (Wildman–Crippen LogP) is 3.80. The summed E-state index contributed by atoms with van der Waals surface area (Å²) in [7, 11) is 0. The first-order valence-electron chi connectivity index (χ1n) is 5.77. The minimum Gasteiger partial charge on any atom is -0.493 e. The Morgan fingerprint density at radius 2 is 2.24 bits per heavy atom. The Labute approximate surface area is 109 Å². The van der Waals surface area contributed by atoms with E-state index in [9.17, 15) is 0 Å². The van der Waals surface area contributed by atoms with Gasteiger partial charge in [0.25, 0.3) is 0 Å². The number of alkyl halides is 1. The lowest BCUT2D eigenvalue weighted by Crippen LogP contribution is -2.04. The lowest BCUT2D eigenvalue weighted by atomic mass is 10.2. The first kappa shape index (κ1) is 12.4. The molecule has 1 aromatic carbocycles. The van der Waals surface area contributed by atoms with Gasteiger partial charge in [-0.25, -0.2) is 0 Å². The van der Waals surface area contributed by atoms with Gasteiger partial charge in [-0.3, -0.25) is 0 Å². The van der Waals surface area contributed by atoms with Gasteiger partial charge in [-0.1, -0.05) is 34.9 Å². The van der Waals surface area contributed by atoms with E-state index < -0.39 is 0 Å². The molecule has 3 nitrogen and oxygen atoms in total. The molecule has 0 saturated carbocycles.